The molecule has 0 heterocycles. The van der Waals surface area contributed by atoms with Crippen molar-refractivity contribution in [3.8, 4) is 98.2 Å². The number of terminal acetylenes is 7. The smallest absolute Gasteiger partial charge is 0.280 e. The van der Waals surface area contributed by atoms with Gasteiger partial charge in [0.05, 0.1) is 39.8 Å². The van der Waals surface area contributed by atoms with Gasteiger partial charge in [0.25, 0.3) is 5.69 Å². The molecule has 0 aliphatic rings. The number of ketones is 7. The standard InChI is InChI=1S/C14H13NO.C14H16O2.2C14H16O.C13H13ClO.C13H13NO3.C13H14O/c1-3-6-11(2)9-14(16)13-8-5-4-7-12(13)10-15;1-4-7-11(2)10-13(15)12-8-5-6-9-14(12)16-3;1-4-7-11(2)10-14(15)13-9-6-5-8-12(13)3;1-4-6-11(2)10-14(15)13-8-5-7-12(3)9-13;1-3-6-10(2)9-13(15)11-7-4-5-8-12(11)14;1-3-6-10(2)9-13(15)11-7-4-5-8-12(11)14(16)17;1-3-7-11(2)10-13(14)12-8-5-4-6-9-12/h1,4-5,7-8,11H,6,9H2,2H3;1,5-6,8-9,11H,7,10H2,2-3H3;1,5-6,8-9,11H,7,10H2,2-3H3;1,5,7-9,11H,6,10H2,2-3H3;1,4-5,7-8,10H,6,9H2,2H3;1,4-5,7-8,10H,6,9H2,2H3;1,4-6,8-9,11H,7,10H2,2H3. The van der Waals surface area contributed by atoms with E-state index in [1.54, 1.807) is 67.8 Å². The first-order chi connectivity index (χ1) is 51.6. The van der Waals surface area contributed by atoms with E-state index in [2.05, 4.69) is 41.4 Å². The van der Waals surface area contributed by atoms with Crippen LogP contribution in [0.3, 0.4) is 0 Å². The third-order valence-corrected chi connectivity index (χ3v) is 16.5. The van der Waals surface area contributed by atoms with Gasteiger partial charge in [-0.25, -0.2) is 0 Å². The number of benzene rings is 7. The van der Waals surface area contributed by atoms with E-state index < -0.39 is 4.92 Å². The lowest BCUT2D eigenvalue weighted by molar-refractivity contribution is -0.385. The number of halogens is 1. The fraction of sp³-hybridized carbons (Fsp3) is 0.326. The summed E-state index contributed by atoms with van der Waals surface area (Å²) in [4.78, 5) is 93.1. The summed E-state index contributed by atoms with van der Waals surface area (Å²) in [6.07, 6.45) is 43.8. The zero-order valence-electron chi connectivity index (χ0n) is 64.1. The van der Waals surface area contributed by atoms with Crippen LogP contribution in [0.4, 0.5) is 5.69 Å². The molecule has 7 unspecified atom stereocenters. The van der Waals surface area contributed by atoms with Crippen molar-refractivity contribution >= 4 is 57.8 Å². The fourth-order valence-corrected chi connectivity index (χ4v) is 10.7. The molecular formula is C95H101ClN2O10. The zero-order chi connectivity index (χ0) is 80.9. The van der Waals surface area contributed by atoms with Crippen molar-refractivity contribution in [1.29, 1.82) is 5.26 Å². The predicted octanol–water partition coefficient (Wildman–Crippen LogP) is 21.5. The van der Waals surface area contributed by atoms with Crippen LogP contribution in [-0.4, -0.2) is 52.5 Å². The van der Waals surface area contributed by atoms with Crippen molar-refractivity contribution < 1.29 is 43.2 Å². The van der Waals surface area contributed by atoms with E-state index in [9.17, 15) is 43.7 Å². The van der Waals surface area contributed by atoms with Gasteiger partial charge in [0.1, 0.15) is 5.75 Å². The SMILES string of the molecule is C#CCC(C)CC(=O)c1cccc(C)c1.C#CCC(C)CC(=O)c1ccccc1.C#CCC(C)CC(=O)c1ccccc1C.C#CCC(C)CC(=O)c1ccccc1C#N.C#CCC(C)CC(=O)c1ccccc1Cl.C#CCC(C)CC(=O)c1ccccc1OC.C#CCC(C)CC(=O)c1ccccc1[N+](=O)[O-]. The molecule has 0 saturated heterocycles. The summed E-state index contributed by atoms with van der Waals surface area (Å²) < 4.78 is 5.15. The number of methoxy groups -OCH3 is 1. The van der Waals surface area contributed by atoms with Crippen LogP contribution in [0.25, 0.3) is 0 Å². The number of ether oxygens (including phenoxy) is 1. The summed E-state index contributed by atoms with van der Waals surface area (Å²) >= 11 is 5.92. The van der Waals surface area contributed by atoms with Gasteiger partial charge in [-0.15, -0.1) is 86.4 Å². The van der Waals surface area contributed by atoms with Crippen LogP contribution in [0.5, 0.6) is 5.75 Å². The highest BCUT2D eigenvalue weighted by atomic mass is 35.5. The lowest BCUT2D eigenvalue weighted by atomic mass is 9.95. The topological polar surface area (TPSA) is 196 Å². The first-order valence-electron chi connectivity index (χ1n) is 35.6. The molecule has 0 fully saturated rings. The lowest BCUT2D eigenvalue weighted by Crippen LogP contribution is -2.08. The van der Waals surface area contributed by atoms with Crippen LogP contribution >= 0.6 is 11.6 Å². The van der Waals surface area contributed by atoms with Crippen LogP contribution in [0.2, 0.25) is 5.02 Å². The average molecular weight is 1470 g/mol. The van der Waals surface area contributed by atoms with Crippen molar-refractivity contribution in [3.05, 3.63) is 247 Å². The Labute approximate surface area is 648 Å². The highest BCUT2D eigenvalue weighted by molar-refractivity contribution is 6.34. The second-order valence-corrected chi connectivity index (χ2v) is 27.1. The number of nitrogens with zero attached hydrogens (tertiary/aromatic N) is 2. The summed E-state index contributed by atoms with van der Waals surface area (Å²) in [5, 5.41) is 20.1. The largest absolute Gasteiger partial charge is 0.496 e. The van der Waals surface area contributed by atoms with E-state index in [1.807, 2.05) is 172 Å². The molecule has 0 amide bonds. The molecule has 0 spiro atoms. The monoisotopic (exact) mass is 1460 g/mol. The number of aryl methyl sites for hydroxylation is 2. The molecule has 13 heteroatoms. The molecule has 108 heavy (non-hydrogen) atoms. The predicted molar refractivity (Wildman–Crippen MR) is 438 cm³/mol. The first-order valence-corrected chi connectivity index (χ1v) is 36.0. The summed E-state index contributed by atoms with van der Waals surface area (Å²) in [6, 6.07) is 53.9. The molecule has 0 aromatic heterocycles. The van der Waals surface area contributed by atoms with Gasteiger partial charge in [-0.3, -0.25) is 43.7 Å². The van der Waals surface area contributed by atoms with Crippen LogP contribution < -0.4 is 4.74 Å². The van der Waals surface area contributed by atoms with E-state index in [4.69, 9.17) is 66.6 Å². The van der Waals surface area contributed by atoms with Crippen LogP contribution in [-0.2, 0) is 0 Å². The second kappa shape index (κ2) is 54.7. The van der Waals surface area contributed by atoms with Gasteiger partial charge in [-0.05, 0) is 103 Å². The number of nitriles is 1. The van der Waals surface area contributed by atoms with Gasteiger partial charge < -0.3 is 4.74 Å². The van der Waals surface area contributed by atoms with E-state index in [1.165, 1.54) is 12.1 Å². The number of nitro benzene ring substituents is 1. The molecular weight excluding hydrogens is 1360 g/mol. The van der Waals surface area contributed by atoms with Crippen LogP contribution in [0, 0.1) is 163 Å². The molecule has 0 bridgehead atoms. The number of hydrogen-bond acceptors (Lipinski definition) is 11. The summed E-state index contributed by atoms with van der Waals surface area (Å²) in [6.45, 7) is 17.7. The quantitative estimate of drug-likeness (QED) is 0.0180. The molecule has 558 valence electrons. The Balaban J connectivity index is 0.000000630. The molecule has 7 aromatic rings. The number of carbonyl (C=O) groups excluding carboxylic acids is 7. The summed E-state index contributed by atoms with van der Waals surface area (Å²) in [7, 11) is 1.57. The Morgan fingerprint density at radius 1 is 0.389 bits per heavy atom. The second-order valence-electron chi connectivity index (χ2n) is 26.6. The van der Waals surface area contributed by atoms with Gasteiger partial charge in [0, 0.05) is 124 Å². The molecule has 12 nitrogen and oxygen atoms in total. The Bertz CT molecular complexity index is 4340. The van der Waals surface area contributed by atoms with Gasteiger partial charge in [-0.2, -0.15) is 5.26 Å². The van der Waals surface area contributed by atoms with Crippen molar-refractivity contribution in [1.82, 2.24) is 0 Å². The molecule has 0 N–H and O–H groups in total. The van der Waals surface area contributed by atoms with Crippen molar-refractivity contribution in [3.63, 3.8) is 0 Å². The average Bonchev–Trinajstić information content (AvgIpc) is 0.842. The number of rotatable bonds is 30. The first kappa shape index (κ1) is 94.1. The van der Waals surface area contributed by atoms with Gasteiger partial charge >= 0.3 is 0 Å². The summed E-state index contributed by atoms with van der Waals surface area (Å²) in [5.41, 5.74) is 6.69. The fourth-order valence-electron chi connectivity index (χ4n) is 10.5. The van der Waals surface area contributed by atoms with Crippen LogP contribution in [0.1, 0.15) is 228 Å². The number of Topliss-reactive ketones (excluding diaryl/α,β-unsaturated/α-hetero) is 7. The third-order valence-electron chi connectivity index (χ3n) is 16.2. The number of para-hydroxylation sites is 2. The molecule has 0 saturated carbocycles. The van der Waals surface area contributed by atoms with Gasteiger partial charge in [-0.1, -0.05) is 193 Å². The Morgan fingerprint density at radius 2 is 0.704 bits per heavy atom. The minimum absolute atomic E-state index is 0.0140. The highest BCUT2D eigenvalue weighted by Gasteiger charge is 2.22. The van der Waals surface area contributed by atoms with E-state index in [0.29, 0.717) is 116 Å². The van der Waals surface area contributed by atoms with E-state index >= 15 is 0 Å². The third kappa shape index (κ3) is 38.2. The zero-order valence-corrected chi connectivity index (χ0v) is 64.8. The van der Waals surface area contributed by atoms with Crippen molar-refractivity contribution in [2.24, 2.45) is 41.4 Å². The number of hydrogen-bond donors (Lipinski definition) is 0. The maximum atomic E-state index is 12.0. The molecule has 7 aromatic carbocycles. The minimum atomic E-state index is -0.543. The highest BCUT2D eigenvalue weighted by Crippen LogP contribution is 2.25. The van der Waals surface area contributed by atoms with Crippen LogP contribution in [0.15, 0.2) is 176 Å². The van der Waals surface area contributed by atoms with E-state index in [0.717, 1.165) is 27.8 Å². The minimum Gasteiger partial charge on any atom is -0.496 e. The van der Waals surface area contributed by atoms with E-state index in [-0.39, 0.29) is 99.6 Å². The lowest BCUT2D eigenvalue weighted by Gasteiger charge is -2.09. The van der Waals surface area contributed by atoms with Crippen molar-refractivity contribution in [2.45, 2.75) is 152 Å². The van der Waals surface area contributed by atoms with Gasteiger partial charge in [0.2, 0.25) is 0 Å². The molecule has 7 atom stereocenters. The normalized spacial score (nSPS) is 11.6. The maximum absolute atomic E-state index is 12.0. The Hall–Kier alpha value is -11.9. The number of nitro groups is 1. The summed E-state index contributed by atoms with van der Waals surface area (Å²) in [5.74, 6) is 20.4. The maximum Gasteiger partial charge on any atom is 0.280 e. The van der Waals surface area contributed by atoms with Gasteiger partial charge in [0.15, 0.2) is 40.5 Å². The molecule has 0 radical (unpaired) electrons. The Kier molecular flexibility index (Phi) is 47.7. The molecule has 0 aliphatic carbocycles. The number of carbonyl (C=O) groups is 7. The molecule has 0 aliphatic heterocycles. The Morgan fingerprint density at radius 3 is 1.11 bits per heavy atom. The van der Waals surface area contributed by atoms with Crippen molar-refractivity contribution in [2.75, 3.05) is 7.11 Å². The molecule has 7 rings (SSSR count).